The van der Waals surface area contributed by atoms with Gasteiger partial charge in [-0.2, -0.15) is 0 Å². The first-order valence-electron chi connectivity index (χ1n) is 6.71. The number of piperidine rings is 1. The van der Waals surface area contributed by atoms with Gasteiger partial charge in [-0.1, -0.05) is 30.7 Å². The molecule has 1 aliphatic rings. The molecule has 1 saturated heterocycles. The molecule has 0 spiro atoms. The molecule has 2 rings (SSSR count). The highest BCUT2D eigenvalue weighted by Crippen LogP contribution is 2.13. The lowest BCUT2D eigenvalue weighted by molar-refractivity contribution is -0.133. The molecule has 0 bridgehead atoms. The molecule has 0 saturated carbocycles. The summed E-state index contributed by atoms with van der Waals surface area (Å²) < 4.78 is 0. The first kappa shape index (κ1) is 16.0. The molecule has 1 atom stereocenters. The van der Waals surface area contributed by atoms with Gasteiger partial charge in [-0.25, -0.2) is 0 Å². The van der Waals surface area contributed by atoms with Gasteiger partial charge in [-0.15, -0.1) is 12.4 Å². The van der Waals surface area contributed by atoms with E-state index in [9.17, 15) is 4.79 Å². The fourth-order valence-corrected chi connectivity index (χ4v) is 2.45. The molecule has 19 heavy (non-hydrogen) atoms. The van der Waals surface area contributed by atoms with Crippen LogP contribution in [0.1, 0.15) is 30.4 Å². The van der Waals surface area contributed by atoms with Crippen LogP contribution in [0.4, 0.5) is 0 Å². The average molecular weight is 283 g/mol. The molecule has 0 aromatic heterocycles. The number of nitrogens with one attached hydrogen (secondary N) is 1. The lowest BCUT2D eigenvalue weighted by Crippen LogP contribution is -2.47. The van der Waals surface area contributed by atoms with E-state index in [1.807, 2.05) is 24.1 Å². The summed E-state index contributed by atoms with van der Waals surface area (Å²) in [5, 5.41) is 3.31. The van der Waals surface area contributed by atoms with Crippen LogP contribution in [0.2, 0.25) is 0 Å². The van der Waals surface area contributed by atoms with Gasteiger partial charge >= 0.3 is 0 Å². The Morgan fingerprint density at radius 1 is 1.37 bits per heavy atom. The largest absolute Gasteiger partial charge is 0.340 e. The van der Waals surface area contributed by atoms with E-state index < -0.39 is 0 Å². The Morgan fingerprint density at radius 3 is 2.74 bits per heavy atom. The first-order valence-corrected chi connectivity index (χ1v) is 6.71. The Kier molecular flexibility index (Phi) is 6.32. The minimum absolute atomic E-state index is 0. The third-order valence-corrected chi connectivity index (χ3v) is 3.65. The highest BCUT2D eigenvalue weighted by molar-refractivity contribution is 5.85. The Hall–Kier alpha value is -1.06. The zero-order valence-corrected chi connectivity index (χ0v) is 12.5. The SMILES string of the molecule is Cc1ccccc1CN(C)C(=O)[C@H]1CCCCN1.Cl. The van der Waals surface area contributed by atoms with Crippen molar-refractivity contribution in [2.45, 2.75) is 38.8 Å². The average Bonchev–Trinajstić information content (AvgIpc) is 2.41. The minimum Gasteiger partial charge on any atom is -0.340 e. The smallest absolute Gasteiger partial charge is 0.239 e. The van der Waals surface area contributed by atoms with Gasteiger partial charge in [0.1, 0.15) is 0 Å². The number of carbonyl (C=O) groups excluding carboxylic acids is 1. The highest BCUT2D eigenvalue weighted by Gasteiger charge is 2.23. The zero-order valence-electron chi connectivity index (χ0n) is 11.7. The standard InChI is InChI=1S/C15H22N2O.ClH/c1-12-7-3-4-8-13(12)11-17(2)15(18)14-9-5-6-10-16-14;/h3-4,7-8,14,16H,5-6,9-11H2,1-2H3;1H/t14-;/m1./s1. The van der Waals surface area contributed by atoms with Crippen molar-refractivity contribution in [3.63, 3.8) is 0 Å². The van der Waals surface area contributed by atoms with Crippen LogP contribution in [0.15, 0.2) is 24.3 Å². The molecule has 106 valence electrons. The molecule has 1 aromatic rings. The van der Waals surface area contributed by atoms with Gasteiger partial charge in [-0.3, -0.25) is 4.79 Å². The van der Waals surface area contributed by atoms with Crippen molar-refractivity contribution in [1.82, 2.24) is 10.2 Å². The van der Waals surface area contributed by atoms with Gasteiger partial charge in [0.25, 0.3) is 0 Å². The zero-order chi connectivity index (χ0) is 13.0. The van der Waals surface area contributed by atoms with E-state index in [-0.39, 0.29) is 24.4 Å². The molecular formula is C15H23ClN2O. The molecule has 0 unspecified atom stereocenters. The van der Waals surface area contributed by atoms with Crippen LogP contribution in [-0.4, -0.2) is 30.4 Å². The van der Waals surface area contributed by atoms with E-state index in [1.165, 1.54) is 17.5 Å². The molecule has 0 radical (unpaired) electrons. The second-order valence-electron chi connectivity index (χ2n) is 5.12. The maximum Gasteiger partial charge on any atom is 0.239 e. The fourth-order valence-electron chi connectivity index (χ4n) is 2.45. The van der Waals surface area contributed by atoms with E-state index in [0.29, 0.717) is 6.54 Å². The van der Waals surface area contributed by atoms with E-state index >= 15 is 0 Å². The van der Waals surface area contributed by atoms with Crippen molar-refractivity contribution in [3.05, 3.63) is 35.4 Å². The summed E-state index contributed by atoms with van der Waals surface area (Å²) in [5.74, 6) is 0.220. The summed E-state index contributed by atoms with van der Waals surface area (Å²) in [5.41, 5.74) is 2.47. The molecule has 1 aromatic carbocycles. The molecule has 1 fully saturated rings. The lowest BCUT2D eigenvalue weighted by Gasteiger charge is -2.27. The third-order valence-electron chi connectivity index (χ3n) is 3.65. The number of likely N-dealkylation sites (N-methyl/N-ethyl adjacent to an activating group) is 1. The molecular weight excluding hydrogens is 260 g/mol. The Morgan fingerprint density at radius 2 is 2.11 bits per heavy atom. The van der Waals surface area contributed by atoms with Gasteiger partial charge in [0.05, 0.1) is 6.04 Å². The van der Waals surface area contributed by atoms with E-state index in [2.05, 4.69) is 24.4 Å². The third kappa shape index (κ3) is 4.22. The van der Waals surface area contributed by atoms with Crippen LogP contribution in [0.3, 0.4) is 0 Å². The number of benzene rings is 1. The summed E-state index contributed by atoms with van der Waals surface area (Å²) in [7, 11) is 1.89. The summed E-state index contributed by atoms with van der Waals surface area (Å²) in [4.78, 5) is 14.1. The normalized spacial score (nSPS) is 18.5. The molecule has 1 amide bonds. The van der Waals surface area contributed by atoms with Crippen LogP contribution >= 0.6 is 12.4 Å². The van der Waals surface area contributed by atoms with E-state index in [4.69, 9.17) is 0 Å². The number of halogens is 1. The van der Waals surface area contributed by atoms with Crippen LogP contribution in [0, 0.1) is 6.92 Å². The Bertz CT molecular complexity index is 416. The fraction of sp³-hybridized carbons (Fsp3) is 0.533. The topological polar surface area (TPSA) is 32.3 Å². The van der Waals surface area contributed by atoms with Gasteiger partial charge in [-0.05, 0) is 37.4 Å². The molecule has 1 N–H and O–H groups in total. The van der Waals surface area contributed by atoms with Crippen molar-refractivity contribution < 1.29 is 4.79 Å². The molecule has 1 heterocycles. The quantitative estimate of drug-likeness (QED) is 0.924. The number of aryl methyl sites for hydroxylation is 1. The van der Waals surface area contributed by atoms with Crippen LogP contribution < -0.4 is 5.32 Å². The maximum absolute atomic E-state index is 12.3. The monoisotopic (exact) mass is 282 g/mol. The number of rotatable bonds is 3. The second kappa shape index (κ2) is 7.51. The molecule has 0 aliphatic carbocycles. The Labute approximate surface area is 121 Å². The molecule has 1 aliphatic heterocycles. The predicted octanol–water partition coefficient (Wildman–Crippen LogP) is 2.52. The van der Waals surface area contributed by atoms with Crippen LogP contribution in [0.5, 0.6) is 0 Å². The van der Waals surface area contributed by atoms with Crippen molar-refractivity contribution in [2.75, 3.05) is 13.6 Å². The number of hydrogen-bond acceptors (Lipinski definition) is 2. The van der Waals surface area contributed by atoms with Gasteiger partial charge in [0.15, 0.2) is 0 Å². The van der Waals surface area contributed by atoms with Crippen molar-refractivity contribution in [2.24, 2.45) is 0 Å². The maximum atomic E-state index is 12.3. The van der Waals surface area contributed by atoms with Gasteiger partial charge in [0.2, 0.25) is 5.91 Å². The lowest BCUT2D eigenvalue weighted by atomic mass is 10.0. The summed E-state index contributed by atoms with van der Waals surface area (Å²) in [6.07, 6.45) is 3.31. The number of amides is 1. The first-order chi connectivity index (χ1) is 8.68. The van der Waals surface area contributed by atoms with Crippen molar-refractivity contribution in [1.29, 1.82) is 0 Å². The number of hydrogen-bond donors (Lipinski definition) is 1. The number of carbonyl (C=O) groups is 1. The van der Waals surface area contributed by atoms with Gasteiger partial charge < -0.3 is 10.2 Å². The molecule has 3 nitrogen and oxygen atoms in total. The minimum atomic E-state index is 0. The van der Waals surface area contributed by atoms with Crippen LogP contribution in [0.25, 0.3) is 0 Å². The van der Waals surface area contributed by atoms with E-state index in [0.717, 1.165) is 19.4 Å². The Balaban J connectivity index is 0.00000180. The summed E-state index contributed by atoms with van der Waals surface area (Å²) in [6, 6.07) is 8.26. The molecule has 4 heteroatoms. The highest BCUT2D eigenvalue weighted by atomic mass is 35.5. The number of nitrogens with zero attached hydrogens (tertiary/aromatic N) is 1. The van der Waals surface area contributed by atoms with E-state index in [1.54, 1.807) is 0 Å². The van der Waals surface area contributed by atoms with Crippen LogP contribution in [-0.2, 0) is 11.3 Å². The summed E-state index contributed by atoms with van der Waals surface area (Å²) in [6.45, 7) is 3.75. The van der Waals surface area contributed by atoms with Crippen molar-refractivity contribution >= 4 is 18.3 Å². The predicted molar refractivity (Wildman–Crippen MR) is 80.5 cm³/mol. The van der Waals surface area contributed by atoms with Crippen molar-refractivity contribution in [3.8, 4) is 0 Å². The van der Waals surface area contributed by atoms with Gasteiger partial charge in [0, 0.05) is 13.6 Å². The second-order valence-corrected chi connectivity index (χ2v) is 5.12. The summed E-state index contributed by atoms with van der Waals surface area (Å²) >= 11 is 0.